The van der Waals surface area contributed by atoms with Gasteiger partial charge in [-0.1, -0.05) is 24.3 Å². The Morgan fingerprint density at radius 3 is 2.60 bits per heavy atom. The molecule has 2 aliphatic heterocycles. The zero-order chi connectivity index (χ0) is 13.6. The molecular weight excluding hydrogens is 248 g/mol. The molecule has 1 saturated carbocycles. The van der Waals surface area contributed by atoms with Crippen LogP contribution >= 0.6 is 0 Å². The average Bonchev–Trinajstić information content (AvgIpc) is 2.89. The molecular formula is C17H24N2O. The molecule has 2 saturated heterocycles. The SMILES string of the molecule is OCC1C2CNCC12c1ccc(CN2CCCC2)cc1. The Labute approximate surface area is 121 Å². The molecule has 3 unspecified atom stereocenters. The van der Waals surface area contributed by atoms with Gasteiger partial charge in [0.1, 0.15) is 0 Å². The van der Waals surface area contributed by atoms with E-state index in [-0.39, 0.29) is 5.41 Å². The third-order valence-corrected chi connectivity index (χ3v) is 5.77. The van der Waals surface area contributed by atoms with E-state index < -0.39 is 0 Å². The van der Waals surface area contributed by atoms with Crippen molar-refractivity contribution in [2.24, 2.45) is 11.8 Å². The first-order chi connectivity index (χ1) is 9.84. The smallest absolute Gasteiger partial charge is 0.0471 e. The summed E-state index contributed by atoms with van der Waals surface area (Å²) in [5.41, 5.74) is 3.09. The summed E-state index contributed by atoms with van der Waals surface area (Å²) in [4.78, 5) is 2.54. The number of benzene rings is 1. The number of hydrogen-bond donors (Lipinski definition) is 2. The summed E-state index contributed by atoms with van der Waals surface area (Å²) in [7, 11) is 0. The highest BCUT2D eigenvalue weighted by Crippen LogP contribution is 2.61. The number of piperidine rings is 1. The van der Waals surface area contributed by atoms with Crippen molar-refractivity contribution >= 4 is 0 Å². The topological polar surface area (TPSA) is 35.5 Å². The van der Waals surface area contributed by atoms with Crippen molar-refractivity contribution < 1.29 is 5.11 Å². The molecule has 20 heavy (non-hydrogen) atoms. The lowest BCUT2D eigenvalue weighted by Crippen LogP contribution is -2.24. The largest absolute Gasteiger partial charge is 0.396 e. The summed E-state index contributed by atoms with van der Waals surface area (Å²) in [5, 5.41) is 13.0. The predicted octanol–water partition coefficient (Wildman–Crippen LogP) is 1.36. The maximum absolute atomic E-state index is 9.55. The summed E-state index contributed by atoms with van der Waals surface area (Å²) in [6.45, 7) is 6.05. The quantitative estimate of drug-likeness (QED) is 0.869. The van der Waals surface area contributed by atoms with Crippen LogP contribution in [0.2, 0.25) is 0 Å². The Bertz CT molecular complexity index is 474. The molecule has 3 nitrogen and oxygen atoms in total. The second-order valence-corrected chi connectivity index (χ2v) is 6.75. The van der Waals surface area contributed by atoms with Gasteiger partial charge in [0.15, 0.2) is 0 Å². The Morgan fingerprint density at radius 2 is 1.95 bits per heavy atom. The van der Waals surface area contributed by atoms with Crippen LogP contribution in [0.1, 0.15) is 24.0 Å². The van der Waals surface area contributed by atoms with E-state index in [1.807, 2.05) is 0 Å². The van der Waals surface area contributed by atoms with E-state index in [0.717, 1.165) is 19.6 Å². The fraction of sp³-hybridized carbons (Fsp3) is 0.647. The van der Waals surface area contributed by atoms with Crippen molar-refractivity contribution in [3.05, 3.63) is 35.4 Å². The molecule has 0 amide bonds. The van der Waals surface area contributed by atoms with Gasteiger partial charge in [-0.2, -0.15) is 0 Å². The van der Waals surface area contributed by atoms with E-state index in [0.29, 0.717) is 18.4 Å². The van der Waals surface area contributed by atoms with Crippen molar-refractivity contribution in [3.8, 4) is 0 Å². The van der Waals surface area contributed by atoms with E-state index >= 15 is 0 Å². The van der Waals surface area contributed by atoms with Gasteiger partial charge in [0.05, 0.1) is 0 Å². The molecule has 2 heterocycles. The van der Waals surface area contributed by atoms with Gasteiger partial charge in [-0.3, -0.25) is 4.90 Å². The minimum Gasteiger partial charge on any atom is -0.396 e. The summed E-state index contributed by atoms with van der Waals surface area (Å²) < 4.78 is 0. The van der Waals surface area contributed by atoms with Crippen LogP contribution in [0.25, 0.3) is 0 Å². The Kier molecular flexibility index (Phi) is 3.09. The summed E-state index contributed by atoms with van der Waals surface area (Å²) in [5.74, 6) is 1.13. The standard InChI is InChI=1S/C17H24N2O/c20-11-16-15-9-18-12-17(15,16)14-5-3-13(4-6-14)10-19-7-1-2-8-19/h3-6,15-16,18,20H,1-2,7-12H2. The maximum atomic E-state index is 9.55. The molecule has 0 radical (unpaired) electrons. The fourth-order valence-electron chi connectivity index (χ4n) is 4.57. The molecule has 2 N–H and O–H groups in total. The van der Waals surface area contributed by atoms with Crippen molar-refractivity contribution in [1.82, 2.24) is 10.2 Å². The van der Waals surface area contributed by atoms with Gasteiger partial charge in [-0.15, -0.1) is 0 Å². The zero-order valence-corrected chi connectivity index (χ0v) is 12.0. The van der Waals surface area contributed by atoms with E-state index in [1.165, 1.54) is 37.1 Å². The van der Waals surface area contributed by atoms with Crippen LogP contribution in [-0.2, 0) is 12.0 Å². The maximum Gasteiger partial charge on any atom is 0.0471 e. The molecule has 3 heteroatoms. The van der Waals surface area contributed by atoms with Gasteiger partial charge >= 0.3 is 0 Å². The number of aliphatic hydroxyl groups excluding tert-OH is 1. The highest BCUT2D eigenvalue weighted by molar-refractivity contribution is 5.41. The molecule has 1 aromatic carbocycles. The number of likely N-dealkylation sites (tertiary alicyclic amines) is 1. The summed E-state index contributed by atoms with van der Waals surface area (Å²) >= 11 is 0. The fourth-order valence-corrected chi connectivity index (χ4v) is 4.57. The Balaban J connectivity index is 1.50. The second kappa shape index (κ2) is 4.83. The minimum absolute atomic E-state index is 0.237. The normalized spacial score (nSPS) is 36.2. The van der Waals surface area contributed by atoms with Crippen molar-refractivity contribution in [1.29, 1.82) is 0 Å². The van der Waals surface area contributed by atoms with E-state index in [2.05, 4.69) is 34.5 Å². The number of nitrogens with zero attached hydrogens (tertiary/aromatic N) is 1. The Hall–Kier alpha value is -0.900. The molecule has 3 atom stereocenters. The van der Waals surface area contributed by atoms with Gasteiger partial charge in [0, 0.05) is 25.1 Å². The molecule has 0 spiro atoms. The summed E-state index contributed by atoms with van der Waals surface area (Å²) in [6, 6.07) is 9.21. The lowest BCUT2D eigenvalue weighted by atomic mass is 9.92. The lowest BCUT2D eigenvalue weighted by molar-refractivity contribution is 0.253. The van der Waals surface area contributed by atoms with Gasteiger partial charge in [-0.05, 0) is 55.4 Å². The molecule has 0 aromatic heterocycles. The minimum atomic E-state index is 0.237. The number of fused-ring (bicyclic) bond motifs is 1. The van der Waals surface area contributed by atoms with E-state index in [9.17, 15) is 5.11 Å². The molecule has 3 fully saturated rings. The molecule has 3 aliphatic rings. The predicted molar refractivity (Wildman–Crippen MR) is 79.6 cm³/mol. The number of hydrogen-bond acceptors (Lipinski definition) is 3. The van der Waals surface area contributed by atoms with E-state index in [1.54, 1.807) is 0 Å². The van der Waals surface area contributed by atoms with Crippen LogP contribution in [0.15, 0.2) is 24.3 Å². The van der Waals surface area contributed by atoms with Gasteiger partial charge < -0.3 is 10.4 Å². The first-order valence-electron chi connectivity index (χ1n) is 7.98. The molecule has 1 aromatic rings. The summed E-state index contributed by atoms with van der Waals surface area (Å²) in [6.07, 6.45) is 2.71. The Morgan fingerprint density at radius 1 is 1.20 bits per heavy atom. The van der Waals surface area contributed by atoms with Gasteiger partial charge in [0.2, 0.25) is 0 Å². The van der Waals surface area contributed by atoms with Crippen LogP contribution in [0.5, 0.6) is 0 Å². The number of aliphatic hydroxyl groups is 1. The monoisotopic (exact) mass is 272 g/mol. The zero-order valence-electron chi connectivity index (χ0n) is 12.0. The first kappa shape index (κ1) is 12.8. The first-order valence-corrected chi connectivity index (χ1v) is 7.98. The molecule has 4 rings (SSSR count). The highest BCUT2D eigenvalue weighted by Gasteiger charge is 2.66. The van der Waals surface area contributed by atoms with Crippen LogP contribution in [0, 0.1) is 11.8 Å². The third kappa shape index (κ3) is 1.84. The molecule has 1 aliphatic carbocycles. The van der Waals surface area contributed by atoms with Crippen LogP contribution in [-0.4, -0.2) is 42.8 Å². The van der Waals surface area contributed by atoms with E-state index in [4.69, 9.17) is 0 Å². The van der Waals surface area contributed by atoms with Crippen molar-refractivity contribution in [3.63, 3.8) is 0 Å². The van der Waals surface area contributed by atoms with Crippen molar-refractivity contribution in [2.75, 3.05) is 32.8 Å². The third-order valence-electron chi connectivity index (χ3n) is 5.77. The highest BCUT2D eigenvalue weighted by atomic mass is 16.3. The van der Waals surface area contributed by atoms with Crippen LogP contribution in [0.4, 0.5) is 0 Å². The lowest BCUT2D eigenvalue weighted by Gasteiger charge is -2.18. The number of rotatable bonds is 4. The molecule has 108 valence electrons. The molecule has 0 bridgehead atoms. The second-order valence-electron chi connectivity index (χ2n) is 6.75. The van der Waals surface area contributed by atoms with Crippen LogP contribution < -0.4 is 5.32 Å². The average molecular weight is 272 g/mol. The van der Waals surface area contributed by atoms with Gasteiger partial charge in [-0.25, -0.2) is 0 Å². The van der Waals surface area contributed by atoms with Crippen molar-refractivity contribution in [2.45, 2.75) is 24.8 Å². The van der Waals surface area contributed by atoms with Gasteiger partial charge in [0.25, 0.3) is 0 Å². The van der Waals surface area contributed by atoms with Crippen LogP contribution in [0.3, 0.4) is 0 Å². The number of nitrogens with one attached hydrogen (secondary N) is 1.